The highest BCUT2D eigenvalue weighted by Crippen LogP contribution is 2.35. The molecular weight excluding hydrogens is 152 g/mol. The smallest absolute Gasteiger partial charge is 0.0166 e. The summed E-state index contributed by atoms with van der Waals surface area (Å²) in [6.07, 6.45) is 4.37. The highest BCUT2D eigenvalue weighted by Gasteiger charge is 2.21. The highest BCUT2D eigenvalue weighted by molar-refractivity contribution is 8.01. The minimum Gasteiger partial charge on any atom is -0.152 e. The molecule has 0 nitrogen and oxygen atoms in total. The van der Waals surface area contributed by atoms with Crippen molar-refractivity contribution in [2.24, 2.45) is 0 Å². The maximum Gasteiger partial charge on any atom is 0.0166 e. The molecule has 1 unspecified atom stereocenters. The van der Waals surface area contributed by atoms with Crippen LogP contribution in [0.3, 0.4) is 0 Å². The van der Waals surface area contributed by atoms with Crippen molar-refractivity contribution in [2.75, 3.05) is 0 Å². The van der Waals surface area contributed by atoms with E-state index in [0.29, 0.717) is 4.75 Å². The number of rotatable bonds is 5. The molecule has 0 heterocycles. The molecule has 0 amide bonds. The predicted octanol–water partition coefficient (Wildman–Crippen LogP) is 3.87. The number of thioether (sulfide) groups is 1. The zero-order valence-corrected chi connectivity index (χ0v) is 9.00. The van der Waals surface area contributed by atoms with Crippen LogP contribution in [-0.2, 0) is 0 Å². The molecule has 0 bridgehead atoms. The molecule has 0 aliphatic rings. The number of hydrogen-bond donors (Lipinski definition) is 0. The van der Waals surface area contributed by atoms with E-state index in [-0.39, 0.29) is 0 Å². The van der Waals surface area contributed by atoms with Crippen molar-refractivity contribution in [1.82, 2.24) is 0 Å². The minimum atomic E-state index is 0.413. The largest absolute Gasteiger partial charge is 0.152 e. The van der Waals surface area contributed by atoms with Gasteiger partial charge in [0.15, 0.2) is 0 Å². The Morgan fingerprint density at radius 3 is 2.36 bits per heavy atom. The van der Waals surface area contributed by atoms with Crippen molar-refractivity contribution in [2.45, 2.75) is 50.5 Å². The summed E-state index contributed by atoms with van der Waals surface area (Å²) in [7, 11) is 0. The van der Waals surface area contributed by atoms with E-state index in [0.717, 1.165) is 11.7 Å². The Kier molecular flexibility index (Phi) is 4.91. The molecule has 0 saturated heterocycles. The number of hydrogen-bond acceptors (Lipinski definition) is 1. The van der Waals surface area contributed by atoms with Crippen molar-refractivity contribution in [3.8, 4) is 0 Å². The van der Waals surface area contributed by atoms with E-state index in [1.807, 2.05) is 6.08 Å². The van der Waals surface area contributed by atoms with Crippen LogP contribution in [0, 0.1) is 0 Å². The molecule has 0 spiro atoms. The summed E-state index contributed by atoms with van der Waals surface area (Å²) in [5.41, 5.74) is 0. The quantitative estimate of drug-likeness (QED) is 0.567. The van der Waals surface area contributed by atoms with Crippen LogP contribution in [0.15, 0.2) is 12.7 Å². The Morgan fingerprint density at radius 1 is 1.55 bits per heavy atom. The average Bonchev–Trinajstić information content (AvgIpc) is 1.87. The van der Waals surface area contributed by atoms with Crippen molar-refractivity contribution in [3.63, 3.8) is 0 Å². The van der Waals surface area contributed by atoms with Crippen LogP contribution in [-0.4, -0.2) is 10.00 Å². The van der Waals surface area contributed by atoms with Gasteiger partial charge in [0.25, 0.3) is 0 Å². The molecule has 0 aliphatic heterocycles. The second-order valence-corrected chi connectivity index (χ2v) is 5.63. The Balaban J connectivity index is 3.97. The van der Waals surface area contributed by atoms with E-state index >= 15 is 0 Å². The van der Waals surface area contributed by atoms with E-state index < -0.39 is 0 Å². The second-order valence-electron chi connectivity index (χ2n) is 3.46. The standard InChI is InChI=1S/C10H20S/c1-6-8-10(5,7-2)11-9(3)4/h6,9H,1,7-8H2,2-5H3. The van der Waals surface area contributed by atoms with Gasteiger partial charge in [0.1, 0.15) is 0 Å². The summed E-state index contributed by atoms with van der Waals surface area (Å²) in [5, 5.41) is 0.722. The van der Waals surface area contributed by atoms with Gasteiger partial charge >= 0.3 is 0 Å². The van der Waals surface area contributed by atoms with Gasteiger partial charge in [-0.25, -0.2) is 0 Å². The lowest BCUT2D eigenvalue weighted by Gasteiger charge is -2.28. The third-order valence-electron chi connectivity index (χ3n) is 1.84. The lowest BCUT2D eigenvalue weighted by Crippen LogP contribution is -2.20. The normalized spacial score (nSPS) is 16.5. The molecule has 1 heteroatoms. The SMILES string of the molecule is C=CCC(C)(CC)SC(C)C. The second kappa shape index (κ2) is 4.87. The molecule has 0 saturated carbocycles. The van der Waals surface area contributed by atoms with E-state index in [2.05, 4.69) is 46.0 Å². The fraction of sp³-hybridized carbons (Fsp3) is 0.800. The first-order chi connectivity index (χ1) is 5.04. The Morgan fingerprint density at radius 2 is 2.09 bits per heavy atom. The summed E-state index contributed by atoms with van der Waals surface area (Å²) < 4.78 is 0.413. The first kappa shape index (κ1) is 11.1. The van der Waals surface area contributed by atoms with Gasteiger partial charge in [-0.2, -0.15) is 11.8 Å². The molecule has 0 aromatic heterocycles. The van der Waals surface area contributed by atoms with Gasteiger partial charge in [-0.05, 0) is 18.1 Å². The van der Waals surface area contributed by atoms with Crippen LogP contribution in [0.1, 0.15) is 40.5 Å². The van der Waals surface area contributed by atoms with Crippen LogP contribution in [0.25, 0.3) is 0 Å². The minimum absolute atomic E-state index is 0.413. The van der Waals surface area contributed by atoms with Crippen LogP contribution >= 0.6 is 11.8 Å². The Labute approximate surface area is 75.5 Å². The molecule has 0 rings (SSSR count). The molecule has 0 N–H and O–H groups in total. The van der Waals surface area contributed by atoms with Crippen molar-refractivity contribution in [1.29, 1.82) is 0 Å². The molecule has 0 aliphatic carbocycles. The maximum atomic E-state index is 3.79. The predicted molar refractivity (Wildman–Crippen MR) is 56.2 cm³/mol. The first-order valence-corrected chi connectivity index (χ1v) is 5.20. The monoisotopic (exact) mass is 172 g/mol. The zero-order valence-electron chi connectivity index (χ0n) is 8.18. The lowest BCUT2D eigenvalue weighted by molar-refractivity contribution is 0.627. The molecular formula is C10H20S. The topological polar surface area (TPSA) is 0 Å². The first-order valence-electron chi connectivity index (χ1n) is 4.33. The van der Waals surface area contributed by atoms with Crippen LogP contribution in [0.5, 0.6) is 0 Å². The fourth-order valence-electron chi connectivity index (χ4n) is 1.15. The van der Waals surface area contributed by atoms with E-state index in [1.165, 1.54) is 6.42 Å². The van der Waals surface area contributed by atoms with Gasteiger partial charge in [-0.1, -0.05) is 33.8 Å². The molecule has 0 aromatic rings. The van der Waals surface area contributed by atoms with Gasteiger partial charge in [0.2, 0.25) is 0 Å². The summed E-state index contributed by atoms with van der Waals surface area (Å²) in [4.78, 5) is 0. The molecule has 1 atom stereocenters. The summed E-state index contributed by atoms with van der Waals surface area (Å²) in [5.74, 6) is 0. The third kappa shape index (κ3) is 4.52. The van der Waals surface area contributed by atoms with Gasteiger partial charge in [-0.15, -0.1) is 6.58 Å². The van der Waals surface area contributed by atoms with E-state index in [1.54, 1.807) is 0 Å². The number of allylic oxidation sites excluding steroid dienone is 1. The Bertz CT molecular complexity index is 118. The van der Waals surface area contributed by atoms with E-state index in [4.69, 9.17) is 0 Å². The van der Waals surface area contributed by atoms with Gasteiger partial charge in [0.05, 0.1) is 0 Å². The summed E-state index contributed by atoms with van der Waals surface area (Å²) in [6, 6.07) is 0. The molecule has 11 heavy (non-hydrogen) atoms. The van der Waals surface area contributed by atoms with Crippen LogP contribution < -0.4 is 0 Å². The third-order valence-corrected chi connectivity index (χ3v) is 3.34. The Hall–Kier alpha value is 0.0900. The fourth-order valence-corrected chi connectivity index (χ4v) is 2.67. The molecule has 0 radical (unpaired) electrons. The molecule has 66 valence electrons. The van der Waals surface area contributed by atoms with E-state index in [9.17, 15) is 0 Å². The molecule has 0 aromatic carbocycles. The van der Waals surface area contributed by atoms with Gasteiger partial charge in [-0.3, -0.25) is 0 Å². The van der Waals surface area contributed by atoms with Crippen molar-refractivity contribution in [3.05, 3.63) is 12.7 Å². The highest BCUT2D eigenvalue weighted by atomic mass is 32.2. The van der Waals surface area contributed by atoms with Crippen LogP contribution in [0.4, 0.5) is 0 Å². The maximum absolute atomic E-state index is 3.79. The average molecular weight is 172 g/mol. The summed E-state index contributed by atoms with van der Waals surface area (Å²) in [6.45, 7) is 12.9. The van der Waals surface area contributed by atoms with Crippen molar-refractivity contribution < 1.29 is 0 Å². The van der Waals surface area contributed by atoms with Crippen LogP contribution in [0.2, 0.25) is 0 Å². The van der Waals surface area contributed by atoms with Gasteiger partial charge < -0.3 is 0 Å². The zero-order chi connectivity index (χ0) is 8.91. The van der Waals surface area contributed by atoms with Gasteiger partial charge in [0, 0.05) is 4.75 Å². The summed E-state index contributed by atoms with van der Waals surface area (Å²) >= 11 is 2.06. The van der Waals surface area contributed by atoms with Crippen molar-refractivity contribution >= 4 is 11.8 Å². The lowest BCUT2D eigenvalue weighted by atomic mass is 10.0. The molecule has 0 fully saturated rings.